The van der Waals surface area contributed by atoms with Crippen LogP contribution in [0, 0.1) is 11.8 Å². The van der Waals surface area contributed by atoms with Crippen molar-refractivity contribution < 1.29 is 4.42 Å². The Morgan fingerprint density at radius 3 is 2.94 bits per heavy atom. The van der Waals surface area contributed by atoms with E-state index in [0.29, 0.717) is 5.22 Å². The molecule has 17 heavy (non-hydrogen) atoms. The van der Waals surface area contributed by atoms with E-state index >= 15 is 0 Å². The van der Waals surface area contributed by atoms with Crippen molar-refractivity contribution >= 4 is 22.6 Å². The molecular formula is C14H16ClNO. The summed E-state index contributed by atoms with van der Waals surface area (Å²) in [6, 6.07) is 7.99. The number of para-hydroxylation sites is 1. The molecular weight excluding hydrogens is 234 g/mol. The molecule has 1 aromatic carbocycles. The molecule has 90 valence electrons. The van der Waals surface area contributed by atoms with E-state index in [1.54, 1.807) is 0 Å². The summed E-state index contributed by atoms with van der Waals surface area (Å²) < 4.78 is 5.52. The van der Waals surface area contributed by atoms with Gasteiger partial charge in [-0.1, -0.05) is 25.1 Å². The zero-order valence-electron chi connectivity index (χ0n) is 9.87. The molecule has 2 unspecified atom stereocenters. The molecule has 2 nitrogen and oxygen atoms in total. The van der Waals surface area contributed by atoms with E-state index in [1.165, 1.54) is 6.42 Å². The molecule has 2 aromatic rings. The maximum atomic E-state index is 6.12. The van der Waals surface area contributed by atoms with Crippen LogP contribution in [0.2, 0.25) is 5.22 Å². The predicted molar refractivity (Wildman–Crippen MR) is 70.2 cm³/mol. The Morgan fingerprint density at radius 1 is 1.41 bits per heavy atom. The number of nitrogens with one attached hydrogen (secondary N) is 1. The zero-order chi connectivity index (χ0) is 11.8. The van der Waals surface area contributed by atoms with Crippen molar-refractivity contribution in [2.45, 2.75) is 19.9 Å². The number of halogens is 1. The largest absolute Gasteiger partial charge is 0.444 e. The molecule has 0 saturated heterocycles. The lowest BCUT2D eigenvalue weighted by molar-refractivity contribution is 0.589. The average molecular weight is 250 g/mol. The molecule has 3 rings (SSSR count). The molecule has 1 fully saturated rings. The lowest BCUT2D eigenvalue weighted by Gasteiger charge is -2.02. The minimum Gasteiger partial charge on any atom is -0.444 e. The second-order valence-corrected chi connectivity index (χ2v) is 5.30. The first kappa shape index (κ1) is 11.1. The van der Waals surface area contributed by atoms with Crippen LogP contribution in [-0.2, 0) is 6.54 Å². The first-order chi connectivity index (χ1) is 8.25. The average Bonchev–Trinajstić information content (AvgIpc) is 2.92. The van der Waals surface area contributed by atoms with Gasteiger partial charge in [0.15, 0.2) is 5.22 Å². The normalized spacial score (nSPS) is 23.2. The van der Waals surface area contributed by atoms with Crippen LogP contribution in [0.3, 0.4) is 0 Å². The van der Waals surface area contributed by atoms with E-state index in [4.69, 9.17) is 16.0 Å². The van der Waals surface area contributed by atoms with Crippen LogP contribution < -0.4 is 5.32 Å². The van der Waals surface area contributed by atoms with Crippen molar-refractivity contribution in [3.63, 3.8) is 0 Å². The van der Waals surface area contributed by atoms with Crippen molar-refractivity contribution in [3.05, 3.63) is 35.0 Å². The molecule has 1 saturated carbocycles. The van der Waals surface area contributed by atoms with E-state index in [1.807, 2.05) is 18.2 Å². The van der Waals surface area contributed by atoms with Gasteiger partial charge in [0.05, 0.1) is 0 Å². The van der Waals surface area contributed by atoms with Crippen molar-refractivity contribution in [2.75, 3.05) is 6.54 Å². The molecule has 0 aliphatic heterocycles. The summed E-state index contributed by atoms with van der Waals surface area (Å²) in [7, 11) is 0. The highest BCUT2D eigenvalue weighted by atomic mass is 35.5. The van der Waals surface area contributed by atoms with E-state index in [0.717, 1.165) is 41.5 Å². The summed E-state index contributed by atoms with van der Waals surface area (Å²) >= 11 is 6.12. The first-order valence-electron chi connectivity index (χ1n) is 6.12. The standard InChI is InChI=1S/C14H16ClNO/c1-9-6-10(9)7-16-8-12-11-4-2-3-5-13(11)17-14(12)15/h2-5,9-10,16H,6-8H2,1H3. The zero-order valence-corrected chi connectivity index (χ0v) is 10.6. The van der Waals surface area contributed by atoms with Crippen molar-refractivity contribution in [1.82, 2.24) is 5.32 Å². The highest BCUT2D eigenvalue weighted by Gasteiger charge is 2.31. The van der Waals surface area contributed by atoms with E-state index in [2.05, 4.69) is 18.3 Å². The third-order valence-corrected chi connectivity index (χ3v) is 3.94. The third kappa shape index (κ3) is 2.20. The third-order valence-electron chi connectivity index (χ3n) is 3.63. The molecule has 0 amide bonds. The highest BCUT2D eigenvalue weighted by molar-refractivity contribution is 6.30. The Kier molecular flexibility index (Phi) is 2.85. The number of hydrogen-bond donors (Lipinski definition) is 1. The fraction of sp³-hybridized carbons (Fsp3) is 0.429. The Balaban J connectivity index is 1.73. The number of rotatable bonds is 4. The van der Waals surface area contributed by atoms with Gasteiger partial charge in [0, 0.05) is 17.5 Å². The lowest BCUT2D eigenvalue weighted by Crippen LogP contribution is -2.16. The fourth-order valence-corrected chi connectivity index (χ4v) is 2.55. The van der Waals surface area contributed by atoms with E-state index in [-0.39, 0.29) is 0 Å². The molecule has 1 heterocycles. The van der Waals surface area contributed by atoms with Crippen LogP contribution in [0.1, 0.15) is 18.9 Å². The van der Waals surface area contributed by atoms with Crippen LogP contribution >= 0.6 is 11.6 Å². The lowest BCUT2D eigenvalue weighted by atomic mass is 10.2. The minimum absolute atomic E-state index is 0.516. The summed E-state index contributed by atoms with van der Waals surface area (Å²) in [4.78, 5) is 0. The fourth-order valence-electron chi connectivity index (χ4n) is 2.30. The molecule has 0 bridgehead atoms. The van der Waals surface area contributed by atoms with Gasteiger partial charge >= 0.3 is 0 Å². The topological polar surface area (TPSA) is 25.2 Å². The van der Waals surface area contributed by atoms with Gasteiger partial charge in [0.1, 0.15) is 5.58 Å². The smallest absolute Gasteiger partial charge is 0.199 e. The molecule has 1 aliphatic carbocycles. The molecule has 0 spiro atoms. The van der Waals surface area contributed by atoms with Crippen molar-refractivity contribution in [1.29, 1.82) is 0 Å². The number of furan rings is 1. The summed E-state index contributed by atoms with van der Waals surface area (Å²) in [5.41, 5.74) is 1.95. The van der Waals surface area contributed by atoms with Gasteiger partial charge in [-0.15, -0.1) is 0 Å². The SMILES string of the molecule is CC1CC1CNCc1c(Cl)oc2ccccc12. The van der Waals surface area contributed by atoms with Crippen LogP contribution in [-0.4, -0.2) is 6.54 Å². The number of benzene rings is 1. The predicted octanol–water partition coefficient (Wildman–Crippen LogP) is 3.83. The van der Waals surface area contributed by atoms with E-state index < -0.39 is 0 Å². The van der Waals surface area contributed by atoms with Gasteiger partial charge in [0.2, 0.25) is 0 Å². The molecule has 1 aliphatic rings. The van der Waals surface area contributed by atoms with E-state index in [9.17, 15) is 0 Å². The van der Waals surface area contributed by atoms with Crippen LogP contribution in [0.25, 0.3) is 11.0 Å². The van der Waals surface area contributed by atoms with Crippen LogP contribution in [0.5, 0.6) is 0 Å². The quantitative estimate of drug-likeness (QED) is 0.891. The van der Waals surface area contributed by atoms with Gasteiger partial charge in [-0.25, -0.2) is 0 Å². The number of fused-ring (bicyclic) bond motifs is 1. The summed E-state index contributed by atoms with van der Waals surface area (Å²) in [5, 5.41) is 5.10. The number of hydrogen-bond acceptors (Lipinski definition) is 2. The van der Waals surface area contributed by atoms with Gasteiger partial charge in [0.25, 0.3) is 0 Å². The Morgan fingerprint density at radius 2 is 2.18 bits per heavy atom. The van der Waals surface area contributed by atoms with Gasteiger partial charge in [-0.05, 0) is 42.5 Å². The van der Waals surface area contributed by atoms with Crippen LogP contribution in [0.4, 0.5) is 0 Å². The van der Waals surface area contributed by atoms with Crippen molar-refractivity contribution in [2.24, 2.45) is 11.8 Å². The minimum atomic E-state index is 0.516. The molecule has 3 heteroatoms. The van der Waals surface area contributed by atoms with Gasteiger partial charge < -0.3 is 9.73 Å². The maximum Gasteiger partial charge on any atom is 0.199 e. The second kappa shape index (κ2) is 4.35. The van der Waals surface area contributed by atoms with Crippen LogP contribution in [0.15, 0.2) is 28.7 Å². The van der Waals surface area contributed by atoms with Crippen molar-refractivity contribution in [3.8, 4) is 0 Å². The molecule has 2 atom stereocenters. The Hall–Kier alpha value is -0.990. The van der Waals surface area contributed by atoms with Gasteiger partial charge in [-0.2, -0.15) is 0 Å². The van der Waals surface area contributed by atoms with Gasteiger partial charge in [-0.3, -0.25) is 0 Å². The summed E-state index contributed by atoms with van der Waals surface area (Å²) in [6.45, 7) is 4.17. The highest BCUT2D eigenvalue weighted by Crippen LogP contribution is 2.37. The second-order valence-electron chi connectivity index (χ2n) is 4.95. The molecule has 0 radical (unpaired) electrons. The molecule has 1 aromatic heterocycles. The molecule has 1 N–H and O–H groups in total. The monoisotopic (exact) mass is 249 g/mol. The first-order valence-corrected chi connectivity index (χ1v) is 6.50. The Labute approximate surface area is 106 Å². The maximum absolute atomic E-state index is 6.12. The summed E-state index contributed by atoms with van der Waals surface area (Å²) in [5.74, 6) is 1.74. The summed E-state index contributed by atoms with van der Waals surface area (Å²) in [6.07, 6.45) is 1.35. The Bertz CT molecular complexity index is 534.